The molecular weight excluding hydrogens is 296 g/mol. The summed E-state index contributed by atoms with van der Waals surface area (Å²) in [5, 5.41) is 2.87. The number of carbonyl (C=O) groups is 1. The van der Waals surface area contributed by atoms with Gasteiger partial charge in [0.1, 0.15) is 11.4 Å². The van der Waals surface area contributed by atoms with E-state index >= 15 is 0 Å². The van der Waals surface area contributed by atoms with Gasteiger partial charge in [-0.15, -0.1) is 0 Å². The summed E-state index contributed by atoms with van der Waals surface area (Å²) in [6, 6.07) is 5.85. The van der Waals surface area contributed by atoms with Crippen molar-refractivity contribution < 1.29 is 4.79 Å². The van der Waals surface area contributed by atoms with Crippen LogP contribution in [0.25, 0.3) is 0 Å². The molecule has 1 heterocycles. The largest absolute Gasteiger partial charge is 0.392 e. The minimum Gasteiger partial charge on any atom is -0.392 e. The molecule has 23 heavy (non-hydrogen) atoms. The number of aromatic amines is 2. The molecule has 0 fully saturated rings. The van der Waals surface area contributed by atoms with Crippen LogP contribution in [0.1, 0.15) is 46.1 Å². The zero-order valence-corrected chi connectivity index (χ0v) is 12.7. The number of anilines is 1. The van der Waals surface area contributed by atoms with Crippen LogP contribution in [0, 0.1) is 6.92 Å². The number of amides is 1. The number of hydrogen-bond acceptors (Lipinski definition) is 4. The van der Waals surface area contributed by atoms with E-state index in [4.69, 9.17) is 5.73 Å². The molecule has 5 N–H and O–H groups in total. The summed E-state index contributed by atoms with van der Waals surface area (Å²) in [5.74, 6) is -0.551. The summed E-state index contributed by atoms with van der Waals surface area (Å²) in [6.07, 6.45) is 2.75. The van der Waals surface area contributed by atoms with E-state index in [0.29, 0.717) is 0 Å². The second kappa shape index (κ2) is 5.75. The molecule has 1 amide bonds. The van der Waals surface area contributed by atoms with Gasteiger partial charge in [0, 0.05) is 0 Å². The molecule has 1 aliphatic rings. The van der Waals surface area contributed by atoms with E-state index in [9.17, 15) is 14.4 Å². The summed E-state index contributed by atoms with van der Waals surface area (Å²) >= 11 is 0. The van der Waals surface area contributed by atoms with Crippen molar-refractivity contribution in [3.05, 3.63) is 61.4 Å². The fraction of sp³-hybridized carbons (Fsp3) is 0.312. The molecule has 0 aliphatic heterocycles. The Hall–Kier alpha value is -2.83. The number of H-pyrrole nitrogens is 2. The molecule has 0 unspecified atom stereocenters. The lowest BCUT2D eigenvalue weighted by atomic mass is 9.85. The fourth-order valence-corrected chi connectivity index (χ4v) is 3.09. The first kappa shape index (κ1) is 15.1. The number of fused-ring (bicyclic) bond motifs is 1. The topological polar surface area (TPSA) is 121 Å². The van der Waals surface area contributed by atoms with Crippen molar-refractivity contribution in [3.63, 3.8) is 0 Å². The number of nitrogens with two attached hydrogens (primary N) is 1. The summed E-state index contributed by atoms with van der Waals surface area (Å²) in [5.41, 5.74) is 7.12. The maximum Gasteiger partial charge on any atom is 0.326 e. The normalized spacial score (nSPS) is 16.7. The average molecular weight is 314 g/mol. The van der Waals surface area contributed by atoms with Gasteiger partial charge in [0.15, 0.2) is 0 Å². The lowest BCUT2D eigenvalue weighted by molar-refractivity contribution is 0.0928. The minimum absolute atomic E-state index is 0.159. The zero-order chi connectivity index (χ0) is 16.6. The first-order chi connectivity index (χ1) is 11.0. The third-order valence-corrected chi connectivity index (χ3v) is 4.25. The summed E-state index contributed by atoms with van der Waals surface area (Å²) < 4.78 is 0. The Labute approximate surface area is 131 Å². The van der Waals surface area contributed by atoms with Gasteiger partial charge in [0.05, 0.1) is 6.04 Å². The number of carbonyl (C=O) groups excluding carboxylic acids is 1. The molecule has 0 saturated heterocycles. The van der Waals surface area contributed by atoms with Crippen LogP contribution < -0.4 is 22.3 Å². The molecular formula is C16H18N4O3. The van der Waals surface area contributed by atoms with E-state index in [0.717, 1.165) is 24.8 Å². The number of nitrogen functional groups attached to an aromatic ring is 1. The Balaban J connectivity index is 1.93. The highest BCUT2D eigenvalue weighted by Gasteiger charge is 2.24. The van der Waals surface area contributed by atoms with E-state index < -0.39 is 17.2 Å². The van der Waals surface area contributed by atoms with Crippen LogP contribution in [-0.2, 0) is 6.42 Å². The number of aromatic nitrogens is 2. The van der Waals surface area contributed by atoms with Crippen LogP contribution in [0.5, 0.6) is 0 Å². The van der Waals surface area contributed by atoms with Gasteiger partial charge in [-0.05, 0) is 42.9 Å². The van der Waals surface area contributed by atoms with Crippen molar-refractivity contribution >= 4 is 11.6 Å². The van der Waals surface area contributed by atoms with Gasteiger partial charge in [-0.1, -0.05) is 18.2 Å². The monoisotopic (exact) mass is 314 g/mol. The second-order valence-corrected chi connectivity index (χ2v) is 5.76. The molecule has 7 heteroatoms. The van der Waals surface area contributed by atoms with Gasteiger partial charge in [-0.3, -0.25) is 14.6 Å². The Morgan fingerprint density at radius 1 is 1.30 bits per heavy atom. The van der Waals surface area contributed by atoms with Gasteiger partial charge in [0.25, 0.3) is 11.5 Å². The van der Waals surface area contributed by atoms with Crippen molar-refractivity contribution in [3.8, 4) is 0 Å². The standard InChI is InChI=1S/C16H18N4O3/c1-8-4-2-6-10-9(8)5-3-7-11(10)18-15(22)13-12(17)14(21)20-16(23)19-13/h2,4,6,11H,3,5,7,17H2,1H3,(H,18,22)(H2,19,20,21,23)/t11-/m0/s1. The first-order valence-corrected chi connectivity index (χ1v) is 7.48. The summed E-state index contributed by atoms with van der Waals surface area (Å²) in [4.78, 5) is 39.6. The highest BCUT2D eigenvalue weighted by molar-refractivity contribution is 5.97. The SMILES string of the molecule is Cc1cccc2c1CCC[C@@H]2NC(=O)c1[nH]c(=O)[nH]c(=O)c1N. The number of nitrogens with one attached hydrogen (secondary N) is 3. The predicted octanol–water partition coefficient (Wildman–Crippen LogP) is 0.761. The van der Waals surface area contributed by atoms with Gasteiger partial charge >= 0.3 is 5.69 Å². The van der Waals surface area contributed by atoms with Gasteiger partial charge in [-0.2, -0.15) is 0 Å². The maximum atomic E-state index is 12.4. The highest BCUT2D eigenvalue weighted by atomic mass is 16.2. The number of hydrogen-bond donors (Lipinski definition) is 4. The third-order valence-electron chi connectivity index (χ3n) is 4.25. The Bertz CT molecular complexity index is 882. The molecule has 120 valence electrons. The highest BCUT2D eigenvalue weighted by Crippen LogP contribution is 2.31. The molecule has 0 radical (unpaired) electrons. The molecule has 1 aliphatic carbocycles. The Kier molecular flexibility index (Phi) is 3.77. The average Bonchev–Trinajstić information content (AvgIpc) is 2.52. The van der Waals surface area contributed by atoms with Gasteiger partial charge < -0.3 is 16.0 Å². The first-order valence-electron chi connectivity index (χ1n) is 7.48. The Morgan fingerprint density at radius 3 is 2.87 bits per heavy atom. The van der Waals surface area contributed by atoms with Gasteiger partial charge in [-0.25, -0.2) is 4.79 Å². The van der Waals surface area contributed by atoms with E-state index in [-0.39, 0.29) is 17.4 Å². The van der Waals surface area contributed by atoms with E-state index in [1.54, 1.807) is 0 Å². The molecule has 1 aromatic heterocycles. The van der Waals surface area contributed by atoms with E-state index in [1.807, 2.05) is 17.1 Å². The number of rotatable bonds is 2. The lowest BCUT2D eigenvalue weighted by Crippen LogP contribution is -2.36. The minimum atomic E-state index is -0.765. The molecule has 0 spiro atoms. The van der Waals surface area contributed by atoms with Crippen LogP contribution in [-0.4, -0.2) is 15.9 Å². The quantitative estimate of drug-likeness (QED) is 0.654. The Morgan fingerprint density at radius 2 is 2.09 bits per heavy atom. The molecule has 7 nitrogen and oxygen atoms in total. The lowest BCUT2D eigenvalue weighted by Gasteiger charge is -2.27. The fourth-order valence-electron chi connectivity index (χ4n) is 3.09. The van der Waals surface area contributed by atoms with E-state index in [1.165, 1.54) is 11.1 Å². The van der Waals surface area contributed by atoms with Crippen molar-refractivity contribution in [2.75, 3.05) is 5.73 Å². The van der Waals surface area contributed by atoms with Crippen LogP contribution in [0.15, 0.2) is 27.8 Å². The number of aryl methyl sites for hydroxylation is 1. The molecule has 1 aromatic carbocycles. The van der Waals surface area contributed by atoms with E-state index in [2.05, 4.69) is 23.3 Å². The maximum absolute atomic E-state index is 12.4. The molecule has 3 rings (SSSR count). The number of benzene rings is 1. The second-order valence-electron chi connectivity index (χ2n) is 5.76. The van der Waals surface area contributed by atoms with Crippen molar-refractivity contribution in [2.45, 2.75) is 32.2 Å². The van der Waals surface area contributed by atoms with Crippen molar-refractivity contribution in [1.29, 1.82) is 0 Å². The van der Waals surface area contributed by atoms with Crippen molar-refractivity contribution in [2.24, 2.45) is 0 Å². The smallest absolute Gasteiger partial charge is 0.326 e. The van der Waals surface area contributed by atoms with Gasteiger partial charge in [0.2, 0.25) is 0 Å². The molecule has 0 saturated carbocycles. The van der Waals surface area contributed by atoms with Crippen LogP contribution in [0.3, 0.4) is 0 Å². The summed E-state index contributed by atoms with van der Waals surface area (Å²) in [7, 11) is 0. The summed E-state index contributed by atoms with van der Waals surface area (Å²) in [6.45, 7) is 2.05. The third kappa shape index (κ3) is 2.77. The zero-order valence-electron chi connectivity index (χ0n) is 12.7. The molecule has 2 aromatic rings. The molecule has 1 atom stereocenters. The molecule has 0 bridgehead atoms. The van der Waals surface area contributed by atoms with Crippen LogP contribution >= 0.6 is 0 Å². The van der Waals surface area contributed by atoms with Crippen LogP contribution in [0.4, 0.5) is 5.69 Å². The van der Waals surface area contributed by atoms with Crippen molar-refractivity contribution in [1.82, 2.24) is 15.3 Å². The predicted molar refractivity (Wildman–Crippen MR) is 86.4 cm³/mol. The van der Waals surface area contributed by atoms with Crippen LogP contribution in [0.2, 0.25) is 0 Å².